The van der Waals surface area contributed by atoms with Crippen molar-refractivity contribution < 1.29 is 14.3 Å². The lowest BCUT2D eigenvalue weighted by Crippen LogP contribution is -2.22. The van der Waals surface area contributed by atoms with Crippen LogP contribution in [0, 0.1) is 10.8 Å². The normalized spacial score (nSPS) is 12.1. The van der Waals surface area contributed by atoms with Gasteiger partial charge < -0.3 is 4.74 Å². The van der Waals surface area contributed by atoms with Gasteiger partial charge in [-0.05, 0) is 37.3 Å². The summed E-state index contributed by atoms with van der Waals surface area (Å²) in [5.41, 5.74) is 1.47. The Morgan fingerprint density at radius 2 is 1.41 bits per heavy atom. The molecule has 22 heavy (non-hydrogen) atoms. The van der Waals surface area contributed by atoms with Crippen molar-refractivity contribution >= 4 is 11.8 Å². The summed E-state index contributed by atoms with van der Waals surface area (Å²) in [4.78, 5) is 23.7. The Balaban J connectivity index is 2.53. The predicted octanol–water partition coefficient (Wildman–Crippen LogP) is 4.32. The van der Waals surface area contributed by atoms with Crippen LogP contribution in [0.4, 0.5) is 0 Å². The van der Waals surface area contributed by atoms with E-state index >= 15 is 0 Å². The molecule has 1 aromatic rings. The molecule has 1 rings (SSSR count). The van der Waals surface area contributed by atoms with Crippen LogP contribution in [0.2, 0.25) is 0 Å². The van der Waals surface area contributed by atoms with Crippen molar-refractivity contribution in [1.29, 1.82) is 0 Å². The van der Waals surface area contributed by atoms with Gasteiger partial charge in [0.2, 0.25) is 0 Å². The lowest BCUT2D eigenvalue weighted by Gasteiger charge is -2.17. The quantitative estimate of drug-likeness (QED) is 0.761. The summed E-state index contributed by atoms with van der Waals surface area (Å²) in [7, 11) is 0. The fourth-order valence-corrected chi connectivity index (χ4v) is 2.00. The molecule has 0 atom stereocenters. The largest absolute Gasteiger partial charge is 0.460 e. The van der Waals surface area contributed by atoms with E-state index in [9.17, 15) is 9.59 Å². The van der Waals surface area contributed by atoms with E-state index in [-0.39, 0.29) is 23.8 Å². The van der Waals surface area contributed by atoms with E-state index < -0.39 is 5.41 Å². The molecular weight excluding hydrogens is 276 g/mol. The Morgan fingerprint density at radius 3 is 1.86 bits per heavy atom. The zero-order valence-electron chi connectivity index (χ0n) is 14.7. The van der Waals surface area contributed by atoms with Crippen molar-refractivity contribution in [3.8, 4) is 0 Å². The first-order chi connectivity index (χ1) is 9.97. The van der Waals surface area contributed by atoms with Crippen LogP contribution < -0.4 is 0 Å². The predicted molar refractivity (Wildman–Crippen MR) is 88.5 cm³/mol. The van der Waals surface area contributed by atoms with Gasteiger partial charge in [-0.1, -0.05) is 45.0 Å². The second-order valence-corrected chi connectivity index (χ2v) is 8.10. The number of hydrogen-bond acceptors (Lipinski definition) is 3. The molecule has 0 aliphatic rings. The van der Waals surface area contributed by atoms with Crippen LogP contribution >= 0.6 is 0 Å². The highest BCUT2D eigenvalue weighted by molar-refractivity contribution is 5.81. The Kier molecular flexibility index (Phi) is 5.92. The van der Waals surface area contributed by atoms with Crippen molar-refractivity contribution in [2.75, 3.05) is 0 Å². The zero-order valence-corrected chi connectivity index (χ0v) is 14.7. The second kappa shape index (κ2) is 7.08. The molecule has 0 bridgehead atoms. The van der Waals surface area contributed by atoms with E-state index in [0.717, 1.165) is 11.1 Å². The van der Waals surface area contributed by atoms with Crippen molar-refractivity contribution in [2.45, 2.75) is 61.0 Å². The molecule has 0 aliphatic carbocycles. The number of benzene rings is 1. The molecule has 122 valence electrons. The lowest BCUT2D eigenvalue weighted by molar-refractivity contribution is -0.154. The number of carbonyl (C=O) groups excluding carboxylic acids is 2. The number of rotatable bonds is 5. The molecule has 0 saturated heterocycles. The van der Waals surface area contributed by atoms with Crippen molar-refractivity contribution in [3.05, 3.63) is 35.4 Å². The van der Waals surface area contributed by atoms with Crippen LogP contribution in [0.1, 0.15) is 59.1 Å². The monoisotopic (exact) mass is 304 g/mol. The van der Waals surface area contributed by atoms with Gasteiger partial charge in [0.1, 0.15) is 12.4 Å². The van der Waals surface area contributed by atoms with Crippen LogP contribution in [0.25, 0.3) is 0 Å². The third kappa shape index (κ3) is 6.88. The Hall–Kier alpha value is -1.64. The zero-order chi connectivity index (χ0) is 17.0. The fraction of sp³-hybridized carbons (Fsp3) is 0.579. The minimum atomic E-state index is -0.487. The van der Waals surface area contributed by atoms with E-state index in [1.54, 1.807) is 0 Å². The molecule has 1 aromatic carbocycles. The minimum absolute atomic E-state index is 0.0260. The third-order valence-electron chi connectivity index (χ3n) is 3.13. The molecule has 0 N–H and O–H groups in total. The molecule has 0 saturated carbocycles. The first-order valence-corrected chi connectivity index (χ1v) is 7.74. The van der Waals surface area contributed by atoms with Crippen LogP contribution in [0.3, 0.4) is 0 Å². The van der Waals surface area contributed by atoms with E-state index in [1.807, 2.05) is 45.0 Å². The summed E-state index contributed by atoms with van der Waals surface area (Å²) in [5.74, 6) is 0.0383. The molecule has 0 heterocycles. The average Bonchev–Trinajstić information content (AvgIpc) is 2.34. The number of esters is 1. The lowest BCUT2D eigenvalue weighted by atomic mass is 9.88. The van der Waals surface area contributed by atoms with Gasteiger partial charge in [0.15, 0.2) is 0 Å². The topological polar surface area (TPSA) is 43.4 Å². The first kappa shape index (κ1) is 18.4. The van der Waals surface area contributed by atoms with Gasteiger partial charge in [0, 0.05) is 12.8 Å². The smallest absolute Gasteiger partial charge is 0.311 e. The summed E-state index contributed by atoms with van der Waals surface area (Å²) < 4.78 is 5.27. The first-order valence-electron chi connectivity index (χ1n) is 7.74. The van der Waals surface area contributed by atoms with Crippen molar-refractivity contribution in [1.82, 2.24) is 0 Å². The fourth-order valence-electron chi connectivity index (χ4n) is 2.00. The Labute approximate surface area is 134 Å². The van der Waals surface area contributed by atoms with Gasteiger partial charge in [-0.25, -0.2) is 0 Å². The number of ketones is 1. The molecule has 0 aliphatic heterocycles. The summed E-state index contributed by atoms with van der Waals surface area (Å²) in [6, 6.07) is 7.69. The summed E-state index contributed by atoms with van der Waals surface area (Å²) in [6.45, 7) is 12.0. The molecule has 3 heteroatoms. The summed E-state index contributed by atoms with van der Waals surface area (Å²) in [6.07, 6.45) is 1.04. The Bertz CT molecular complexity index is 513. The molecule has 0 fully saturated rings. The van der Waals surface area contributed by atoms with Gasteiger partial charge in [-0.15, -0.1) is 0 Å². The van der Waals surface area contributed by atoms with E-state index in [2.05, 4.69) is 20.8 Å². The van der Waals surface area contributed by atoms with E-state index in [4.69, 9.17) is 4.74 Å². The van der Waals surface area contributed by atoms with Crippen LogP contribution in [0.15, 0.2) is 24.3 Å². The second-order valence-electron chi connectivity index (χ2n) is 8.10. The van der Waals surface area contributed by atoms with Crippen molar-refractivity contribution in [3.63, 3.8) is 0 Å². The van der Waals surface area contributed by atoms with Gasteiger partial charge in [-0.3, -0.25) is 9.59 Å². The summed E-state index contributed by atoms with van der Waals surface area (Å²) in [5, 5.41) is 0. The van der Waals surface area contributed by atoms with Crippen LogP contribution in [-0.2, 0) is 27.4 Å². The SMILES string of the molecule is CC(C)(C)CC(=O)Cc1ccc(COC(=O)C(C)(C)C)cc1. The molecule has 3 nitrogen and oxygen atoms in total. The van der Waals surface area contributed by atoms with Crippen LogP contribution in [0.5, 0.6) is 0 Å². The number of hydrogen-bond donors (Lipinski definition) is 0. The maximum Gasteiger partial charge on any atom is 0.311 e. The van der Waals surface area contributed by atoms with E-state index in [1.165, 1.54) is 0 Å². The molecular formula is C19H28O3. The third-order valence-corrected chi connectivity index (χ3v) is 3.13. The average molecular weight is 304 g/mol. The highest BCUT2D eigenvalue weighted by atomic mass is 16.5. The van der Waals surface area contributed by atoms with Gasteiger partial charge in [0.05, 0.1) is 5.41 Å². The van der Waals surface area contributed by atoms with Crippen molar-refractivity contribution in [2.24, 2.45) is 10.8 Å². The molecule has 0 amide bonds. The molecule has 0 aromatic heterocycles. The number of carbonyl (C=O) groups is 2. The minimum Gasteiger partial charge on any atom is -0.460 e. The highest BCUT2D eigenvalue weighted by Gasteiger charge is 2.22. The molecule has 0 radical (unpaired) electrons. The summed E-state index contributed by atoms with van der Waals surface area (Å²) >= 11 is 0. The van der Waals surface area contributed by atoms with Gasteiger partial charge >= 0.3 is 5.97 Å². The maximum absolute atomic E-state index is 12.0. The van der Waals surface area contributed by atoms with Gasteiger partial charge in [-0.2, -0.15) is 0 Å². The van der Waals surface area contributed by atoms with E-state index in [0.29, 0.717) is 12.8 Å². The van der Waals surface area contributed by atoms with Gasteiger partial charge in [0.25, 0.3) is 0 Å². The number of ether oxygens (including phenoxy) is 1. The van der Waals surface area contributed by atoms with Crippen LogP contribution in [-0.4, -0.2) is 11.8 Å². The molecule has 0 unspecified atom stereocenters. The number of Topliss-reactive ketones (excluding diaryl/α,β-unsaturated/α-hetero) is 1. The molecule has 0 spiro atoms. The maximum atomic E-state index is 12.0. The Morgan fingerprint density at radius 1 is 0.909 bits per heavy atom. The highest BCUT2D eigenvalue weighted by Crippen LogP contribution is 2.20. The standard InChI is InChI=1S/C19H28O3/c1-18(2,3)12-16(20)11-14-7-9-15(10-8-14)13-22-17(21)19(4,5)6/h7-10H,11-13H2,1-6H3.